The molecule has 4 nitrogen and oxygen atoms in total. The summed E-state index contributed by atoms with van der Waals surface area (Å²) in [5, 5.41) is 5.86. The van der Waals surface area contributed by atoms with Crippen LogP contribution in [0.1, 0.15) is 5.69 Å². The van der Waals surface area contributed by atoms with Gasteiger partial charge in [-0.3, -0.25) is 9.97 Å². The molecule has 0 bridgehead atoms. The van der Waals surface area contributed by atoms with Crippen molar-refractivity contribution in [3.05, 3.63) is 23.5 Å². The number of rotatable bonds is 2. The van der Waals surface area contributed by atoms with E-state index < -0.39 is 0 Å². The summed E-state index contributed by atoms with van der Waals surface area (Å²) in [4.78, 5) is 12.8. The number of anilines is 1. The Morgan fingerprint density at radius 2 is 2.07 bits per heavy atom. The van der Waals surface area contributed by atoms with E-state index in [0.717, 1.165) is 22.2 Å². The molecule has 0 radical (unpaired) electrons. The molecule has 0 fully saturated rings. The van der Waals surface area contributed by atoms with Gasteiger partial charge in [-0.15, -0.1) is 11.3 Å². The molecule has 2 aromatic rings. The predicted molar refractivity (Wildman–Crippen MR) is 57.4 cm³/mol. The Hall–Kier alpha value is -1.49. The monoisotopic (exact) mass is 206 g/mol. The quantitative estimate of drug-likeness (QED) is 0.816. The Kier molecular flexibility index (Phi) is 2.41. The number of hydrogen-bond acceptors (Lipinski definition) is 5. The topological polar surface area (TPSA) is 50.7 Å². The van der Waals surface area contributed by atoms with E-state index in [2.05, 4.69) is 20.3 Å². The molecule has 5 heteroatoms. The number of hydrogen-bond donors (Lipinski definition) is 1. The van der Waals surface area contributed by atoms with Crippen molar-refractivity contribution in [3.8, 4) is 11.4 Å². The van der Waals surface area contributed by atoms with Crippen LogP contribution in [0.5, 0.6) is 0 Å². The fraction of sp³-hybridized carbons (Fsp3) is 0.222. The normalized spacial score (nSPS) is 10.1. The van der Waals surface area contributed by atoms with Crippen molar-refractivity contribution in [1.82, 2.24) is 15.0 Å². The molecule has 0 saturated heterocycles. The molecule has 0 aliphatic heterocycles. The number of aryl methyl sites for hydroxylation is 1. The Morgan fingerprint density at radius 3 is 2.71 bits per heavy atom. The Labute approximate surface area is 86.1 Å². The van der Waals surface area contributed by atoms with Crippen molar-refractivity contribution in [2.45, 2.75) is 6.92 Å². The van der Waals surface area contributed by atoms with Crippen LogP contribution in [0.25, 0.3) is 11.4 Å². The summed E-state index contributed by atoms with van der Waals surface area (Å²) in [6.07, 6.45) is 3.37. The largest absolute Gasteiger partial charge is 0.365 e. The molecule has 2 rings (SSSR count). The lowest BCUT2D eigenvalue weighted by atomic mass is 10.3. The fourth-order valence-corrected chi connectivity index (χ4v) is 1.81. The highest BCUT2D eigenvalue weighted by molar-refractivity contribution is 7.14. The maximum atomic E-state index is 4.36. The van der Waals surface area contributed by atoms with Crippen molar-refractivity contribution in [3.63, 3.8) is 0 Å². The van der Waals surface area contributed by atoms with E-state index in [-0.39, 0.29) is 0 Å². The second kappa shape index (κ2) is 3.71. The van der Waals surface area contributed by atoms with Crippen molar-refractivity contribution < 1.29 is 0 Å². The minimum atomic E-state index is 0.852. The molecule has 14 heavy (non-hydrogen) atoms. The summed E-state index contributed by atoms with van der Waals surface area (Å²) in [6, 6.07) is 0. The minimum Gasteiger partial charge on any atom is -0.365 e. The molecule has 2 heterocycles. The van der Waals surface area contributed by atoms with Crippen molar-refractivity contribution >= 4 is 16.5 Å². The van der Waals surface area contributed by atoms with Gasteiger partial charge in [-0.2, -0.15) is 0 Å². The Bertz CT molecular complexity index is 438. The molecule has 0 aliphatic rings. The zero-order valence-corrected chi connectivity index (χ0v) is 8.80. The standard InChI is InChI=1S/C9H10N4S/c1-6-8(12-4-3-11-6)7-5-14-9(10-2)13-7/h3-5H,1-2H3,(H,10,13). The predicted octanol–water partition coefficient (Wildman–Crippen LogP) is 1.95. The summed E-state index contributed by atoms with van der Waals surface area (Å²) < 4.78 is 0. The van der Waals surface area contributed by atoms with Gasteiger partial charge in [-0.25, -0.2) is 4.98 Å². The van der Waals surface area contributed by atoms with E-state index >= 15 is 0 Å². The van der Waals surface area contributed by atoms with E-state index in [1.165, 1.54) is 0 Å². The molecule has 1 N–H and O–H groups in total. The lowest BCUT2D eigenvalue weighted by Crippen LogP contribution is -1.91. The van der Waals surface area contributed by atoms with Crippen LogP contribution in [0.15, 0.2) is 17.8 Å². The van der Waals surface area contributed by atoms with Gasteiger partial charge in [-0.05, 0) is 6.92 Å². The third-order valence-electron chi connectivity index (χ3n) is 1.84. The average molecular weight is 206 g/mol. The van der Waals surface area contributed by atoms with Gasteiger partial charge in [0.1, 0.15) is 11.4 Å². The van der Waals surface area contributed by atoms with E-state index in [9.17, 15) is 0 Å². The molecule has 72 valence electrons. The van der Waals surface area contributed by atoms with Crippen LogP contribution >= 0.6 is 11.3 Å². The van der Waals surface area contributed by atoms with Crippen LogP contribution < -0.4 is 5.32 Å². The second-order valence-electron chi connectivity index (χ2n) is 2.78. The molecular formula is C9H10N4S. The van der Waals surface area contributed by atoms with Gasteiger partial charge in [0.2, 0.25) is 0 Å². The SMILES string of the molecule is CNc1nc(-c2nccnc2C)cs1. The first kappa shape index (κ1) is 9.08. The molecular weight excluding hydrogens is 196 g/mol. The molecule has 0 aliphatic carbocycles. The maximum absolute atomic E-state index is 4.36. The number of nitrogens with one attached hydrogen (secondary N) is 1. The highest BCUT2D eigenvalue weighted by atomic mass is 32.1. The number of aromatic nitrogens is 3. The first-order valence-electron chi connectivity index (χ1n) is 4.22. The average Bonchev–Trinajstić information content (AvgIpc) is 2.67. The Balaban J connectivity index is 2.44. The van der Waals surface area contributed by atoms with Crippen LogP contribution in [0.2, 0.25) is 0 Å². The number of nitrogens with zero attached hydrogens (tertiary/aromatic N) is 3. The van der Waals surface area contributed by atoms with Gasteiger partial charge in [-0.1, -0.05) is 0 Å². The summed E-state index contributed by atoms with van der Waals surface area (Å²) in [5.41, 5.74) is 2.63. The molecule has 2 aromatic heterocycles. The van der Waals surface area contributed by atoms with Crippen molar-refractivity contribution in [2.75, 3.05) is 12.4 Å². The minimum absolute atomic E-state index is 0.852. The fourth-order valence-electron chi connectivity index (χ4n) is 1.16. The lowest BCUT2D eigenvalue weighted by Gasteiger charge is -1.98. The van der Waals surface area contributed by atoms with E-state index in [1.807, 2.05) is 19.4 Å². The van der Waals surface area contributed by atoms with Gasteiger partial charge >= 0.3 is 0 Å². The summed E-state index contributed by atoms with van der Waals surface area (Å²) >= 11 is 1.56. The summed E-state index contributed by atoms with van der Waals surface area (Å²) in [7, 11) is 1.85. The summed E-state index contributed by atoms with van der Waals surface area (Å²) in [5.74, 6) is 0. The molecule has 0 amide bonds. The van der Waals surface area contributed by atoms with Gasteiger partial charge in [0.25, 0.3) is 0 Å². The lowest BCUT2D eigenvalue weighted by molar-refractivity contribution is 1.11. The molecule has 0 saturated carbocycles. The Morgan fingerprint density at radius 1 is 1.29 bits per heavy atom. The maximum Gasteiger partial charge on any atom is 0.183 e. The molecule has 0 atom stereocenters. The van der Waals surface area contributed by atoms with Gasteiger partial charge in [0.05, 0.1) is 5.69 Å². The third-order valence-corrected chi connectivity index (χ3v) is 2.70. The summed E-state index contributed by atoms with van der Waals surface area (Å²) in [6.45, 7) is 1.93. The van der Waals surface area contributed by atoms with Crippen LogP contribution in [0.3, 0.4) is 0 Å². The number of thiazole rings is 1. The van der Waals surface area contributed by atoms with Gasteiger partial charge < -0.3 is 5.32 Å². The zero-order valence-electron chi connectivity index (χ0n) is 7.98. The van der Waals surface area contributed by atoms with Crippen LogP contribution in [0.4, 0.5) is 5.13 Å². The van der Waals surface area contributed by atoms with Crippen molar-refractivity contribution in [2.24, 2.45) is 0 Å². The van der Waals surface area contributed by atoms with Crippen LogP contribution in [-0.4, -0.2) is 22.0 Å². The van der Waals surface area contributed by atoms with E-state index in [0.29, 0.717) is 0 Å². The van der Waals surface area contributed by atoms with Gasteiger partial charge in [0, 0.05) is 24.8 Å². The second-order valence-corrected chi connectivity index (χ2v) is 3.64. The van der Waals surface area contributed by atoms with E-state index in [1.54, 1.807) is 23.7 Å². The molecule has 0 aromatic carbocycles. The van der Waals surface area contributed by atoms with E-state index in [4.69, 9.17) is 0 Å². The first-order valence-corrected chi connectivity index (χ1v) is 5.10. The van der Waals surface area contributed by atoms with Gasteiger partial charge in [0.15, 0.2) is 5.13 Å². The zero-order chi connectivity index (χ0) is 9.97. The van der Waals surface area contributed by atoms with Crippen molar-refractivity contribution in [1.29, 1.82) is 0 Å². The first-order chi connectivity index (χ1) is 6.81. The van der Waals surface area contributed by atoms with Crippen LogP contribution in [-0.2, 0) is 0 Å². The molecule has 0 spiro atoms. The third kappa shape index (κ3) is 1.58. The van der Waals surface area contributed by atoms with Crippen LogP contribution in [0, 0.1) is 6.92 Å². The smallest absolute Gasteiger partial charge is 0.183 e. The highest BCUT2D eigenvalue weighted by Crippen LogP contribution is 2.23. The molecule has 0 unspecified atom stereocenters. The highest BCUT2D eigenvalue weighted by Gasteiger charge is 2.07.